The molecule has 1 aliphatic carbocycles. The molecule has 0 bridgehead atoms. The largest absolute Gasteiger partial charge is 0.493 e. The Morgan fingerprint density at radius 3 is 2.62 bits per heavy atom. The first-order valence-corrected chi connectivity index (χ1v) is 13.1. The summed E-state index contributed by atoms with van der Waals surface area (Å²) in [5, 5.41) is 1.01. The topological polar surface area (TPSA) is 97.6 Å². The Bertz CT molecular complexity index is 1520. The van der Waals surface area contributed by atoms with E-state index in [1.165, 1.54) is 11.6 Å². The van der Waals surface area contributed by atoms with Crippen molar-refractivity contribution in [1.29, 1.82) is 0 Å². The monoisotopic (exact) mass is 523 g/mol. The number of carbonyl (C=O) groups excluding carboxylic acids is 2. The zero-order valence-corrected chi connectivity index (χ0v) is 22.2. The van der Waals surface area contributed by atoms with Crippen LogP contribution in [0.4, 0.5) is 0 Å². The van der Waals surface area contributed by atoms with Gasteiger partial charge in [-0.25, -0.2) is 0 Å². The molecule has 0 radical (unpaired) electrons. The summed E-state index contributed by atoms with van der Waals surface area (Å²) in [6, 6.07) is 20.4. The summed E-state index contributed by atoms with van der Waals surface area (Å²) in [7, 11) is 3.15. The quantitative estimate of drug-likeness (QED) is 0.295. The number of aromatic nitrogens is 1. The molecule has 0 aliphatic heterocycles. The summed E-state index contributed by atoms with van der Waals surface area (Å²) in [4.78, 5) is 32.0. The predicted molar refractivity (Wildman–Crippen MR) is 153 cm³/mol. The van der Waals surface area contributed by atoms with Gasteiger partial charge in [0, 0.05) is 29.6 Å². The molecule has 7 nitrogen and oxygen atoms in total. The van der Waals surface area contributed by atoms with Crippen LogP contribution in [0.1, 0.15) is 41.1 Å². The summed E-state index contributed by atoms with van der Waals surface area (Å²) >= 11 is 0. The van der Waals surface area contributed by atoms with Crippen molar-refractivity contribution in [3.8, 4) is 11.5 Å². The lowest BCUT2D eigenvalue weighted by molar-refractivity contribution is -0.138. The molecule has 0 saturated carbocycles. The van der Waals surface area contributed by atoms with E-state index in [2.05, 4.69) is 17.1 Å². The van der Waals surface area contributed by atoms with E-state index < -0.39 is 11.9 Å². The maximum Gasteiger partial charge on any atom is 0.247 e. The lowest BCUT2D eigenvalue weighted by Crippen LogP contribution is -2.51. The molecule has 1 unspecified atom stereocenters. The SMILES string of the molecule is COc1ccc(/C=C/C(=O)N(C2CCCc3ccccc32)[C@@H](Cc2c[nH]c3ccccc23)C(N)=O)cc1OC. The molecule has 2 amide bonds. The number of nitrogens with zero attached hydrogens (tertiary/aromatic N) is 1. The fourth-order valence-electron chi connectivity index (χ4n) is 5.60. The summed E-state index contributed by atoms with van der Waals surface area (Å²) in [6.07, 6.45) is 8.08. The molecule has 4 aromatic rings. The second-order valence-corrected chi connectivity index (χ2v) is 9.78. The number of benzene rings is 3. The maximum absolute atomic E-state index is 14.0. The van der Waals surface area contributed by atoms with Crippen molar-refractivity contribution in [1.82, 2.24) is 9.88 Å². The van der Waals surface area contributed by atoms with E-state index in [0.29, 0.717) is 17.9 Å². The third kappa shape index (κ3) is 5.39. The number of hydrogen-bond acceptors (Lipinski definition) is 4. The number of para-hydroxylation sites is 1. The minimum absolute atomic E-state index is 0.264. The number of carbonyl (C=O) groups is 2. The number of ether oxygens (including phenoxy) is 2. The van der Waals surface area contributed by atoms with Gasteiger partial charge in [0.25, 0.3) is 0 Å². The Morgan fingerprint density at radius 2 is 1.82 bits per heavy atom. The number of H-pyrrole nitrogens is 1. The summed E-state index contributed by atoms with van der Waals surface area (Å²) in [5.74, 6) is 0.375. The Kier molecular flexibility index (Phi) is 7.68. The number of nitrogens with one attached hydrogen (secondary N) is 1. The molecule has 1 aromatic heterocycles. The Labute approximate surface area is 228 Å². The van der Waals surface area contributed by atoms with Crippen LogP contribution in [0.5, 0.6) is 11.5 Å². The number of amides is 2. The van der Waals surface area contributed by atoms with Crippen molar-refractivity contribution < 1.29 is 19.1 Å². The van der Waals surface area contributed by atoms with E-state index in [9.17, 15) is 9.59 Å². The second kappa shape index (κ2) is 11.5. The van der Waals surface area contributed by atoms with E-state index >= 15 is 0 Å². The number of aryl methyl sites for hydroxylation is 1. The van der Waals surface area contributed by atoms with Crippen molar-refractivity contribution in [2.45, 2.75) is 37.8 Å². The van der Waals surface area contributed by atoms with Gasteiger partial charge in [0.1, 0.15) is 6.04 Å². The highest BCUT2D eigenvalue weighted by molar-refractivity contribution is 5.96. The molecule has 0 fully saturated rings. The van der Waals surface area contributed by atoms with Crippen LogP contribution in [0, 0.1) is 0 Å². The van der Waals surface area contributed by atoms with Gasteiger partial charge in [-0.15, -0.1) is 0 Å². The minimum atomic E-state index is -0.831. The average molecular weight is 524 g/mol. The standard InChI is InChI=1S/C32H33N3O4/c1-38-29-16-14-21(18-30(29)39-2)15-17-31(36)35(27-13-7-9-22-8-3-4-11-25(22)27)28(32(33)37)19-23-20-34-26-12-6-5-10-24(23)26/h3-6,8,10-12,14-18,20,27-28,34H,7,9,13,19H2,1-2H3,(H2,33,37)/b17-15+/t27?,28-/m0/s1. The van der Waals surface area contributed by atoms with Gasteiger partial charge in [-0.3, -0.25) is 9.59 Å². The molecule has 3 N–H and O–H groups in total. The van der Waals surface area contributed by atoms with Gasteiger partial charge in [-0.05, 0) is 65.8 Å². The predicted octanol–water partition coefficient (Wildman–Crippen LogP) is 5.20. The van der Waals surface area contributed by atoms with E-state index in [4.69, 9.17) is 15.2 Å². The van der Waals surface area contributed by atoms with E-state index in [1.54, 1.807) is 37.3 Å². The first kappa shape index (κ1) is 26.1. The van der Waals surface area contributed by atoms with Gasteiger partial charge in [-0.1, -0.05) is 48.5 Å². The van der Waals surface area contributed by atoms with Crippen LogP contribution in [-0.4, -0.2) is 42.0 Å². The number of rotatable bonds is 9. The second-order valence-electron chi connectivity index (χ2n) is 9.78. The highest BCUT2D eigenvalue weighted by Gasteiger charge is 2.36. The van der Waals surface area contributed by atoms with Crippen molar-refractivity contribution >= 4 is 28.8 Å². The zero-order chi connectivity index (χ0) is 27.4. The fraction of sp³-hybridized carbons (Fsp3) is 0.250. The third-order valence-electron chi connectivity index (χ3n) is 7.51. The fourth-order valence-corrected chi connectivity index (χ4v) is 5.60. The zero-order valence-electron chi connectivity index (χ0n) is 22.2. The van der Waals surface area contributed by atoms with E-state index in [0.717, 1.165) is 46.9 Å². The van der Waals surface area contributed by atoms with E-state index in [1.807, 2.05) is 48.7 Å². The molecule has 2 atom stereocenters. The molecule has 0 saturated heterocycles. The van der Waals surface area contributed by atoms with Gasteiger partial charge in [0.15, 0.2) is 11.5 Å². The Morgan fingerprint density at radius 1 is 1.05 bits per heavy atom. The smallest absolute Gasteiger partial charge is 0.247 e. The lowest BCUT2D eigenvalue weighted by Gasteiger charge is -2.39. The first-order chi connectivity index (χ1) is 19.0. The molecule has 0 spiro atoms. The van der Waals surface area contributed by atoms with Crippen LogP contribution in [-0.2, 0) is 22.4 Å². The number of methoxy groups -OCH3 is 2. The van der Waals surface area contributed by atoms with Crippen LogP contribution < -0.4 is 15.2 Å². The Hall–Kier alpha value is -4.52. The first-order valence-electron chi connectivity index (χ1n) is 13.1. The molecule has 1 heterocycles. The maximum atomic E-state index is 14.0. The average Bonchev–Trinajstić information content (AvgIpc) is 3.38. The highest BCUT2D eigenvalue weighted by Crippen LogP contribution is 2.37. The van der Waals surface area contributed by atoms with Crippen molar-refractivity contribution in [2.75, 3.05) is 14.2 Å². The van der Waals surface area contributed by atoms with Gasteiger partial charge in [0.05, 0.1) is 20.3 Å². The number of aromatic amines is 1. The van der Waals surface area contributed by atoms with Crippen molar-refractivity contribution in [3.05, 3.63) is 101 Å². The van der Waals surface area contributed by atoms with Gasteiger partial charge >= 0.3 is 0 Å². The van der Waals surface area contributed by atoms with Gasteiger partial charge < -0.3 is 25.1 Å². The van der Waals surface area contributed by atoms with Crippen molar-refractivity contribution in [2.24, 2.45) is 5.73 Å². The summed E-state index contributed by atoms with van der Waals surface area (Å²) in [6.45, 7) is 0. The highest BCUT2D eigenvalue weighted by atomic mass is 16.5. The number of fused-ring (bicyclic) bond motifs is 2. The van der Waals surface area contributed by atoms with Crippen LogP contribution in [0.2, 0.25) is 0 Å². The van der Waals surface area contributed by atoms with Gasteiger partial charge in [-0.2, -0.15) is 0 Å². The Balaban J connectivity index is 1.54. The van der Waals surface area contributed by atoms with Crippen LogP contribution in [0.15, 0.2) is 79.0 Å². The molecular weight excluding hydrogens is 490 g/mol. The summed E-state index contributed by atoms with van der Waals surface area (Å²) < 4.78 is 10.7. The minimum Gasteiger partial charge on any atom is -0.493 e. The molecule has 3 aromatic carbocycles. The molecule has 1 aliphatic rings. The number of hydrogen-bond donors (Lipinski definition) is 2. The van der Waals surface area contributed by atoms with Crippen LogP contribution in [0.3, 0.4) is 0 Å². The molecule has 200 valence electrons. The van der Waals surface area contributed by atoms with Crippen LogP contribution in [0.25, 0.3) is 17.0 Å². The molecule has 5 rings (SSSR count). The van der Waals surface area contributed by atoms with Crippen LogP contribution >= 0.6 is 0 Å². The number of nitrogens with two attached hydrogens (primary N) is 1. The molecule has 39 heavy (non-hydrogen) atoms. The number of primary amides is 1. The molecular formula is C32H33N3O4. The van der Waals surface area contributed by atoms with Gasteiger partial charge in [0.2, 0.25) is 11.8 Å². The molecule has 7 heteroatoms. The third-order valence-corrected chi connectivity index (χ3v) is 7.51. The normalized spacial score (nSPS) is 15.6. The summed E-state index contributed by atoms with van der Waals surface area (Å²) in [5.41, 5.74) is 11.0. The van der Waals surface area contributed by atoms with E-state index in [-0.39, 0.29) is 11.9 Å². The van der Waals surface area contributed by atoms with Crippen molar-refractivity contribution in [3.63, 3.8) is 0 Å². The lowest BCUT2D eigenvalue weighted by atomic mass is 9.85.